The molecule has 0 aliphatic heterocycles. The third-order valence-corrected chi connectivity index (χ3v) is 3.36. The molecule has 0 radical (unpaired) electrons. The second-order valence-electron chi connectivity index (χ2n) is 5.60. The molecular formula is C15H32N2O. The summed E-state index contributed by atoms with van der Waals surface area (Å²) >= 11 is 0. The molecule has 0 spiro atoms. The first-order valence-electron chi connectivity index (χ1n) is 7.52. The molecule has 0 aliphatic carbocycles. The van der Waals surface area contributed by atoms with E-state index < -0.39 is 0 Å². The first-order chi connectivity index (χ1) is 8.54. The lowest BCUT2D eigenvalue weighted by Crippen LogP contribution is -2.34. The monoisotopic (exact) mass is 256 g/mol. The van der Waals surface area contributed by atoms with Gasteiger partial charge in [0.15, 0.2) is 0 Å². The summed E-state index contributed by atoms with van der Waals surface area (Å²) in [7, 11) is 0. The Morgan fingerprint density at radius 1 is 1.17 bits per heavy atom. The predicted octanol–water partition coefficient (Wildman–Crippen LogP) is 3.04. The number of hydrogen-bond donors (Lipinski definition) is 1. The topological polar surface area (TPSA) is 46.3 Å². The highest BCUT2D eigenvalue weighted by Crippen LogP contribution is 2.18. The van der Waals surface area contributed by atoms with Crippen LogP contribution in [0, 0.1) is 11.8 Å². The minimum atomic E-state index is 0.310. The van der Waals surface area contributed by atoms with E-state index in [1.54, 1.807) is 0 Å². The molecule has 0 fully saturated rings. The summed E-state index contributed by atoms with van der Waals surface area (Å²) in [5.41, 5.74) is 5.62. The molecule has 1 atom stereocenters. The van der Waals surface area contributed by atoms with Crippen molar-refractivity contribution in [3.63, 3.8) is 0 Å². The number of amides is 1. The van der Waals surface area contributed by atoms with Crippen LogP contribution in [0.15, 0.2) is 0 Å². The summed E-state index contributed by atoms with van der Waals surface area (Å²) in [4.78, 5) is 14.1. The van der Waals surface area contributed by atoms with Gasteiger partial charge in [-0.3, -0.25) is 4.79 Å². The van der Waals surface area contributed by atoms with Gasteiger partial charge in [-0.2, -0.15) is 0 Å². The Balaban J connectivity index is 4.10. The SMILES string of the molecule is CCCC(CCN)CCC(=O)N(CC)CC(C)C. The van der Waals surface area contributed by atoms with E-state index in [9.17, 15) is 4.79 Å². The Bertz CT molecular complexity index is 211. The van der Waals surface area contributed by atoms with Gasteiger partial charge in [-0.25, -0.2) is 0 Å². The Hall–Kier alpha value is -0.570. The van der Waals surface area contributed by atoms with Gasteiger partial charge >= 0.3 is 0 Å². The maximum atomic E-state index is 12.1. The molecule has 0 aromatic heterocycles. The van der Waals surface area contributed by atoms with Crippen LogP contribution in [-0.4, -0.2) is 30.4 Å². The molecule has 0 rings (SSSR count). The molecule has 108 valence electrons. The molecule has 0 heterocycles. The highest BCUT2D eigenvalue weighted by atomic mass is 16.2. The lowest BCUT2D eigenvalue weighted by molar-refractivity contribution is -0.131. The molecule has 0 bridgehead atoms. The van der Waals surface area contributed by atoms with Gasteiger partial charge in [0.2, 0.25) is 5.91 Å². The van der Waals surface area contributed by atoms with Crippen LogP contribution < -0.4 is 5.73 Å². The number of nitrogens with two attached hydrogens (primary N) is 1. The summed E-state index contributed by atoms with van der Waals surface area (Å²) in [5, 5.41) is 0. The minimum Gasteiger partial charge on any atom is -0.343 e. The van der Waals surface area contributed by atoms with Crippen molar-refractivity contribution in [1.82, 2.24) is 4.90 Å². The fourth-order valence-corrected chi connectivity index (χ4v) is 2.41. The lowest BCUT2D eigenvalue weighted by atomic mass is 9.94. The van der Waals surface area contributed by atoms with Gasteiger partial charge in [0.1, 0.15) is 0 Å². The van der Waals surface area contributed by atoms with Gasteiger partial charge in [0.05, 0.1) is 0 Å². The first-order valence-corrected chi connectivity index (χ1v) is 7.52. The Morgan fingerprint density at radius 2 is 1.83 bits per heavy atom. The standard InChI is InChI=1S/C15H32N2O/c1-5-7-14(10-11-16)8-9-15(18)17(6-2)12-13(3)4/h13-14H,5-12,16H2,1-4H3. The molecule has 0 aromatic rings. The normalized spacial score (nSPS) is 12.8. The van der Waals surface area contributed by atoms with E-state index in [1.807, 2.05) is 4.90 Å². The summed E-state index contributed by atoms with van der Waals surface area (Å²) < 4.78 is 0. The molecular weight excluding hydrogens is 224 g/mol. The van der Waals surface area contributed by atoms with Crippen molar-refractivity contribution < 1.29 is 4.79 Å². The Labute approximate surface area is 113 Å². The summed E-state index contributed by atoms with van der Waals surface area (Å²) in [6.07, 6.45) is 5.12. The number of carbonyl (C=O) groups is 1. The van der Waals surface area contributed by atoms with E-state index in [-0.39, 0.29) is 0 Å². The minimum absolute atomic E-state index is 0.310. The van der Waals surface area contributed by atoms with Gasteiger partial charge in [-0.1, -0.05) is 33.6 Å². The van der Waals surface area contributed by atoms with Gasteiger partial charge < -0.3 is 10.6 Å². The molecule has 2 N–H and O–H groups in total. The largest absolute Gasteiger partial charge is 0.343 e. The second-order valence-corrected chi connectivity index (χ2v) is 5.60. The quantitative estimate of drug-likeness (QED) is 0.653. The van der Waals surface area contributed by atoms with Crippen molar-refractivity contribution in [2.24, 2.45) is 17.6 Å². The van der Waals surface area contributed by atoms with Gasteiger partial charge in [-0.05, 0) is 38.1 Å². The molecule has 3 heteroatoms. The van der Waals surface area contributed by atoms with E-state index in [4.69, 9.17) is 5.73 Å². The molecule has 0 saturated carbocycles. The second kappa shape index (κ2) is 10.4. The summed E-state index contributed by atoms with van der Waals surface area (Å²) in [6.45, 7) is 11.0. The zero-order valence-electron chi connectivity index (χ0n) is 12.7. The average Bonchev–Trinajstić information content (AvgIpc) is 2.33. The number of hydrogen-bond acceptors (Lipinski definition) is 2. The van der Waals surface area contributed by atoms with Gasteiger partial charge in [0, 0.05) is 19.5 Å². The van der Waals surface area contributed by atoms with Gasteiger partial charge in [0.25, 0.3) is 0 Å². The summed E-state index contributed by atoms with van der Waals surface area (Å²) in [5.74, 6) is 1.48. The van der Waals surface area contributed by atoms with Crippen molar-refractivity contribution in [2.75, 3.05) is 19.6 Å². The number of nitrogens with zero attached hydrogens (tertiary/aromatic N) is 1. The maximum Gasteiger partial charge on any atom is 0.222 e. The fraction of sp³-hybridized carbons (Fsp3) is 0.933. The van der Waals surface area contributed by atoms with Crippen LogP contribution in [0.4, 0.5) is 0 Å². The number of carbonyl (C=O) groups excluding carboxylic acids is 1. The van der Waals surface area contributed by atoms with Crippen molar-refractivity contribution in [3.05, 3.63) is 0 Å². The highest BCUT2D eigenvalue weighted by molar-refractivity contribution is 5.76. The molecule has 0 aliphatic rings. The van der Waals surface area contributed by atoms with Crippen LogP contribution in [-0.2, 0) is 4.79 Å². The zero-order valence-corrected chi connectivity index (χ0v) is 12.7. The maximum absolute atomic E-state index is 12.1. The van der Waals surface area contributed by atoms with Crippen LogP contribution in [0.2, 0.25) is 0 Å². The van der Waals surface area contributed by atoms with E-state index in [2.05, 4.69) is 27.7 Å². The van der Waals surface area contributed by atoms with E-state index >= 15 is 0 Å². The van der Waals surface area contributed by atoms with Gasteiger partial charge in [-0.15, -0.1) is 0 Å². The first kappa shape index (κ1) is 17.4. The Morgan fingerprint density at radius 3 is 2.28 bits per heavy atom. The molecule has 3 nitrogen and oxygen atoms in total. The smallest absolute Gasteiger partial charge is 0.222 e. The van der Waals surface area contributed by atoms with Crippen molar-refractivity contribution in [1.29, 1.82) is 0 Å². The van der Waals surface area contributed by atoms with Crippen molar-refractivity contribution >= 4 is 5.91 Å². The van der Waals surface area contributed by atoms with Crippen molar-refractivity contribution in [3.8, 4) is 0 Å². The third-order valence-electron chi connectivity index (χ3n) is 3.36. The summed E-state index contributed by atoms with van der Waals surface area (Å²) in [6, 6.07) is 0. The van der Waals surface area contributed by atoms with E-state index in [1.165, 1.54) is 12.8 Å². The van der Waals surface area contributed by atoms with Crippen molar-refractivity contribution in [2.45, 2.75) is 59.8 Å². The van der Waals surface area contributed by atoms with Crippen LogP contribution in [0.1, 0.15) is 59.8 Å². The van der Waals surface area contributed by atoms with Crippen LogP contribution in [0.25, 0.3) is 0 Å². The van der Waals surface area contributed by atoms with Crippen LogP contribution in [0.5, 0.6) is 0 Å². The van der Waals surface area contributed by atoms with Crippen LogP contribution in [0.3, 0.4) is 0 Å². The predicted molar refractivity (Wildman–Crippen MR) is 78.4 cm³/mol. The average molecular weight is 256 g/mol. The lowest BCUT2D eigenvalue weighted by Gasteiger charge is -2.24. The fourth-order valence-electron chi connectivity index (χ4n) is 2.41. The van der Waals surface area contributed by atoms with E-state index in [0.29, 0.717) is 24.2 Å². The molecule has 0 aromatic carbocycles. The third kappa shape index (κ3) is 7.70. The molecule has 1 amide bonds. The van der Waals surface area contributed by atoms with Crippen LogP contribution >= 0.6 is 0 Å². The molecule has 18 heavy (non-hydrogen) atoms. The number of rotatable bonds is 10. The Kier molecular flexibility index (Phi) is 10.0. The highest BCUT2D eigenvalue weighted by Gasteiger charge is 2.15. The zero-order chi connectivity index (χ0) is 14.0. The molecule has 0 saturated heterocycles. The van der Waals surface area contributed by atoms with E-state index in [0.717, 1.165) is 32.5 Å². The molecule has 1 unspecified atom stereocenters.